The third-order valence-corrected chi connectivity index (χ3v) is 1.77. The van der Waals surface area contributed by atoms with Gasteiger partial charge in [0.15, 0.2) is 11.6 Å². The Morgan fingerprint density at radius 1 is 1.12 bits per heavy atom. The lowest BCUT2D eigenvalue weighted by molar-refractivity contribution is 0.397. The molecule has 0 spiro atoms. The smallest absolute Gasteiger partial charge is 0.260 e. The predicted molar refractivity (Wildman–Crippen MR) is 52.9 cm³/mol. The molecule has 4 nitrogen and oxygen atoms in total. The summed E-state index contributed by atoms with van der Waals surface area (Å²) in [6.45, 7) is 0. The average molecular weight is 223 g/mol. The minimum Gasteiger partial charge on any atom is -0.433 e. The highest BCUT2D eigenvalue weighted by Crippen LogP contribution is 2.24. The Hall–Kier alpha value is -2.24. The molecule has 0 amide bonds. The largest absolute Gasteiger partial charge is 0.433 e. The number of aromatic nitrogens is 2. The van der Waals surface area contributed by atoms with Gasteiger partial charge in [-0.3, -0.25) is 0 Å². The van der Waals surface area contributed by atoms with Crippen molar-refractivity contribution in [2.75, 3.05) is 5.73 Å². The highest BCUT2D eigenvalue weighted by molar-refractivity contribution is 5.30. The van der Waals surface area contributed by atoms with Crippen molar-refractivity contribution >= 4 is 5.95 Å². The van der Waals surface area contributed by atoms with E-state index >= 15 is 0 Å². The molecule has 0 fully saturated rings. The molecule has 1 aromatic heterocycles. The maximum atomic E-state index is 13.2. The topological polar surface area (TPSA) is 61.0 Å². The summed E-state index contributed by atoms with van der Waals surface area (Å²) in [5, 5.41) is 0. The fourth-order valence-electron chi connectivity index (χ4n) is 1.07. The van der Waals surface area contributed by atoms with E-state index in [2.05, 4.69) is 9.97 Å². The fraction of sp³-hybridized carbons (Fsp3) is 0. The van der Waals surface area contributed by atoms with E-state index in [9.17, 15) is 8.78 Å². The highest BCUT2D eigenvalue weighted by Gasteiger charge is 2.10. The number of rotatable bonds is 2. The molecule has 6 heteroatoms. The van der Waals surface area contributed by atoms with E-state index in [1.807, 2.05) is 0 Å². The minimum absolute atomic E-state index is 0.125. The second kappa shape index (κ2) is 4.09. The molecule has 2 aromatic rings. The Morgan fingerprint density at radius 3 is 2.62 bits per heavy atom. The maximum Gasteiger partial charge on any atom is 0.260 e. The van der Waals surface area contributed by atoms with Crippen LogP contribution in [0.3, 0.4) is 0 Å². The molecule has 16 heavy (non-hydrogen) atoms. The van der Waals surface area contributed by atoms with Crippen LogP contribution < -0.4 is 10.5 Å². The standard InChI is InChI=1S/C10H7F2N3O/c11-6-3-1-2-4-8(6)16-9-7(12)5-14-10(13)15-9/h1-5H,(H2,13,14,15). The van der Waals surface area contributed by atoms with Crippen molar-refractivity contribution in [2.24, 2.45) is 0 Å². The van der Waals surface area contributed by atoms with Crippen molar-refractivity contribution in [3.63, 3.8) is 0 Å². The van der Waals surface area contributed by atoms with Gasteiger partial charge in [0.05, 0.1) is 6.20 Å². The number of nitrogen functional groups attached to an aromatic ring is 1. The number of para-hydroxylation sites is 1. The van der Waals surface area contributed by atoms with Crippen LogP contribution >= 0.6 is 0 Å². The average Bonchev–Trinajstić information content (AvgIpc) is 2.27. The SMILES string of the molecule is Nc1ncc(F)c(Oc2ccccc2F)n1. The molecule has 0 aliphatic rings. The first kappa shape index (κ1) is 10.3. The third-order valence-electron chi connectivity index (χ3n) is 1.77. The Morgan fingerprint density at radius 2 is 1.88 bits per heavy atom. The van der Waals surface area contributed by atoms with Gasteiger partial charge in [-0.1, -0.05) is 12.1 Å². The molecule has 0 bridgehead atoms. The molecule has 0 saturated heterocycles. The Balaban J connectivity index is 2.34. The van der Waals surface area contributed by atoms with Crippen molar-refractivity contribution in [3.05, 3.63) is 42.1 Å². The van der Waals surface area contributed by atoms with Gasteiger partial charge in [-0.15, -0.1) is 0 Å². The summed E-state index contributed by atoms with van der Waals surface area (Å²) in [7, 11) is 0. The molecule has 0 aliphatic heterocycles. The van der Waals surface area contributed by atoms with Crippen molar-refractivity contribution in [1.82, 2.24) is 9.97 Å². The second-order valence-corrected chi connectivity index (χ2v) is 2.91. The number of halogens is 2. The molecule has 2 N–H and O–H groups in total. The number of ether oxygens (including phenoxy) is 1. The lowest BCUT2D eigenvalue weighted by Crippen LogP contribution is -2.00. The summed E-state index contributed by atoms with van der Waals surface area (Å²) in [5.41, 5.74) is 5.26. The molecule has 0 radical (unpaired) electrons. The maximum absolute atomic E-state index is 13.2. The van der Waals surface area contributed by atoms with E-state index in [4.69, 9.17) is 10.5 Å². The van der Waals surface area contributed by atoms with E-state index in [0.29, 0.717) is 0 Å². The van der Waals surface area contributed by atoms with Crippen LogP contribution in [0.2, 0.25) is 0 Å². The third kappa shape index (κ3) is 2.05. The van der Waals surface area contributed by atoms with Crippen LogP contribution in [-0.4, -0.2) is 9.97 Å². The molecule has 1 aromatic carbocycles. The van der Waals surface area contributed by atoms with Gasteiger partial charge in [0.1, 0.15) is 0 Å². The van der Waals surface area contributed by atoms with Gasteiger partial charge >= 0.3 is 0 Å². The molecule has 0 saturated carbocycles. The lowest BCUT2D eigenvalue weighted by Gasteiger charge is -2.06. The summed E-state index contributed by atoms with van der Waals surface area (Å²) >= 11 is 0. The van der Waals surface area contributed by atoms with Crippen molar-refractivity contribution in [2.45, 2.75) is 0 Å². The van der Waals surface area contributed by atoms with Crippen LogP contribution in [0.1, 0.15) is 0 Å². The van der Waals surface area contributed by atoms with E-state index in [1.165, 1.54) is 18.2 Å². The Kier molecular flexibility index (Phi) is 2.63. The number of nitrogens with two attached hydrogens (primary N) is 1. The molecular weight excluding hydrogens is 216 g/mol. The summed E-state index contributed by atoms with van der Waals surface area (Å²) in [5.74, 6) is -2.10. The van der Waals surface area contributed by atoms with E-state index in [-0.39, 0.29) is 11.7 Å². The molecule has 0 atom stereocenters. The van der Waals surface area contributed by atoms with Gasteiger partial charge in [-0.05, 0) is 12.1 Å². The van der Waals surface area contributed by atoms with Crippen molar-refractivity contribution in [1.29, 1.82) is 0 Å². The van der Waals surface area contributed by atoms with Gasteiger partial charge in [0.2, 0.25) is 11.8 Å². The fourth-order valence-corrected chi connectivity index (χ4v) is 1.07. The van der Waals surface area contributed by atoms with Gasteiger partial charge in [-0.25, -0.2) is 9.37 Å². The van der Waals surface area contributed by atoms with Crippen LogP contribution in [0.25, 0.3) is 0 Å². The van der Waals surface area contributed by atoms with Crippen LogP contribution in [0, 0.1) is 11.6 Å². The van der Waals surface area contributed by atoms with Crippen LogP contribution in [0.15, 0.2) is 30.5 Å². The molecule has 0 aliphatic carbocycles. The predicted octanol–water partition coefficient (Wildman–Crippen LogP) is 2.13. The second-order valence-electron chi connectivity index (χ2n) is 2.91. The van der Waals surface area contributed by atoms with E-state index < -0.39 is 17.5 Å². The number of hydrogen-bond acceptors (Lipinski definition) is 4. The summed E-state index contributed by atoms with van der Waals surface area (Å²) in [6.07, 6.45) is 0.860. The first-order valence-corrected chi connectivity index (χ1v) is 4.37. The molecular formula is C10H7F2N3O. The zero-order valence-corrected chi connectivity index (χ0v) is 8.02. The molecule has 1 heterocycles. The number of anilines is 1. The molecule has 82 valence electrons. The first-order valence-electron chi connectivity index (χ1n) is 4.37. The zero-order chi connectivity index (χ0) is 11.5. The van der Waals surface area contributed by atoms with Gasteiger partial charge in [0, 0.05) is 0 Å². The molecule has 2 rings (SSSR count). The highest BCUT2D eigenvalue weighted by atomic mass is 19.1. The first-order chi connectivity index (χ1) is 7.66. The summed E-state index contributed by atoms with van der Waals surface area (Å²) < 4.78 is 31.3. The van der Waals surface area contributed by atoms with E-state index in [1.54, 1.807) is 6.07 Å². The zero-order valence-electron chi connectivity index (χ0n) is 8.02. The van der Waals surface area contributed by atoms with Gasteiger partial charge in [-0.2, -0.15) is 9.37 Å². The normalized spacial score (nSPS) is 10.1. The van der Waals surface area contributed by atoms with E-state index in [0.717, 1.165) is 6.20 Å². The van der Waals surface area contributed by atoms with Crippen molar-refractivity contribution < 1.29 is 13.5 Å². The van der Waals surface area contributed by atoms with Crippen molar-refractivity contribution in [3.8, 4) is 11.6 Å². The van der Waals surface area contributed by atoms with Crippen LogP contribution in [-0.2, 0) is 0 Å². The number of hydrogen-bond donors (Lipinski definition) is 1. The lowest BCUT2D eigenvalue weighted by atomic mass is 10.3. The Bertz CT molecular complexity index is 519. The Labute approximate surface area is 89.7 Å². The number of benzene rings is 1. The van der Waals surface area contributed by atoms with Gasteiger partial charge < -0.3 is 10.5 Å². The summed E-state index contributed by atoms with van der Waals surface area (Å²) in [4.78, 5) is 6.93. The minimum atomic E-state index is -0.808. The monoisotopic (exact) mass is 223 g/mol. The summed E-state index contributed by atoms with van der Waals surface area (Å²) in [6, 6.07) is 5.60. The quantitative estimate of drug-likeness (QED) is 0.847. The van der Waals surface area contributed by atoms with Gasteiger partial charge in [0.25, 0.3) is 5.88 Å². The van der Waals surface area contributed by atoms with Crippen LogP contribution in [0.5, 0.6) is 11.6 Å². The number of nitrogens with zero attached hydrogens (tertiary/aromatic N) is 2. The molecule has 0 unspecified atom stereocenters. The van der Waals surface area contributed by atoms with Crippen LogP contribution in [0.4, 0.5) is 14.7 Å².